The molecule has 0 aliphatic heterocycles. The van der Waals surface area contributed by atoms with Crippen molar-refractivity contribution in [3.05, 3.63) is 0 Å². The molecule has 0 saturated carbocycles. The van der Waals surface area contributed by atoms with Gasteiger partial charge in [-0.1, -0.05) is 0 Å². The SMILES string of the molecule is CSCCC(NC(=O)C(CCC(=O)O)NC(=O)CNC(=O)C(N)CO)C(=O)O. The summed E-state index contributed by atoms with van der Waals surface area (Å²) in [6.07, 6.45) is 1.21. The van der Waals surface area contributed by atoms with Crippen molar-refractivity contribution >= 4 is 41.4 Å². The lowest BCUT2D eigenvalue weighted by Gasteiger charge is -2.21. The van der Waals surface area contributed by atoms with Gasteiger partial charge in [0, 0.05) is 6.42 Å². The Hall–Kier alpha value is -2.38. The number of carboxylic acid groups (broad SMARTS) is 2. The average Bonchev–Trinajstić information content (AvgIpc) is 2.64. The molecule has 160 valence electrons. The Morgan fingerprint density at radius 1 is 1.00 bits per heavy atom. The number of hydrogen-bond donors (Lipinski definition) is 7. The summed E-state index contributed by atoms with van der Waals surface area (Å²) in [5.41, 5.74) is 5.28. The number of nitrogens with two attached hydrogens (primary N) is 1. The highest BCUT2D eigenvalue weighted by Crippen LogP contribution is 2.04. The number of hydrogen-bond acceptors (Lipinski definition) is 8. The zero-order chi connectivity index (χ0) is 21.7. The molecule has 0 aliphatic rings. The van der Waals surface area contributed by atoms with Crippen molar-refractivity contribution in [2.75, 3.05) is 25.2 Å². The molecule has 3 unspecified atom stereocenters. The van der Waals surface area contributed by atoms with Crippen molar-refractivity contribution in [1.82, 2.24) is 16.0 Å². The van der Waals surface area contributed by atoms with Gasteiger partial charge in [-0.2, -0.15) is 11.8 Å². The minimum Gasteiger partial charge on any atom is -0.481 e. The number of aliphatic hydroxyl groups is 1. The van der Waals surface area contributed by atoms with Gasteiger partial charge in [-0.05, 0) is 24.9 Å². The van der Waals surface area contributed by atoms with Crippen molar-refractivity contribution in [3.63, 3.8) is 0 Å². The van der Waals surface area contributed by atoms with Crippen LogP contribution in [0.5, 0.6) is 0 Å². The summed E-state index contributed by atoms with van der Waals surface area (Å²) >= 11 is 1.39. The first kappa shape index (κ1) is 25.6. The molecule has 12 nitrogen and oxygen atoms in total. The fourth-order valence-electron chi connectivity index (χ4n) is 1.93. The van der Waals surface area contributed by atoms with Crippen LogP contribution in [0, 0.1) is 0 Å². The van der Waals surface area contributed by atoms with Crippen LogP contribution in [0.25, 0.3) is 0 Å². The van der Waals surface area contributed by atoms with E-state index in [2.05, 4.69) is 16.0 Å². The van der Waals surface area contributed by atoms with E-state index in [4.69, 9.17) is 21.1 Å². The fourth-order valence-corrected chi connectivity index (χ4v) is 2.40. The normalized spacial score (nSPS) is 13.7. The summed E-state index contributed by atoms with van der Waals surface area (Å²) < 4.78 is 0. The highest BCUT2D eigenvalue weighted by atomic mass is 32.2. The van der Waals surface area contributed by atoms with Gasteiger partial charge in [0.2, 0.25) is 17.7 Å². The Balaban J connectivity index is 4.92. The molecule has 0 heterocycles. The topological polar surface area (TPSA) is 208 Å². The predicted molar refractivity (Wildman–Crippen MR) is 99.4 cm³/mol. The number of carboxylic acids is 2. The number of carbonyl (C=O) groups is 5. The maximum Gasteiger partial charge on any atom is 0.326 e. The zero-order valence-corrected chi connectivity index (χ0v) is 16.2. The minimum absolute atomic E-state index is 0.150. The van der Waals surface area contributed by atoms with Gasteiger partial charge in [0.25, 0.3) is 0 Å². The van der Waals surface area contributed by atoms with E-state index in [0.717, 1.165) is 0 Å². The number of aliphatic carboxylic acids is 2. The van der Waals surface area contributed by atoms with E-state index in [1.165, 1.54) is 11.8 Å². The van der Waals surface area contributed by atoms with Crippen molar-refractivity contribution in [2.45, 2.75) is 37.4 Å². The number of nitrogens with one attached hydrogen (secondary N) is 3. The van der Waals surface area contributed by atoms with Gasteiger partial charge < -0.3 is 37.0 Å². The first-order valence-electron chi connectivity index (χ1n) is 8.29. The molecule has 0 spiro atoms. The van der Waals surface area contributed by atoms with E-state index in [0.29, 0.717) is 5.75 Å². The number of aliphatic hydroxyl groups excluding tert-OH is 1. The summed E-state index contributed by atoms with van der Waals surface area (Å²) in [6.45, 7) is -1.18. The molecule has 8 N–H and O–H groups in total. The molecule has 13 heteroatoms. The van der Waals surface area contributed by atoms with Crippen molar-refractivity contribution in [2.24, 2.45) is 5.73 Å². The van der Waals surface area contributed by atoms with Gasteiger partial charge in [0.1, 0.15) is 18.1 Å². The second-order valence-corrected chi connectivity index (χ2v) is 6.73. The van der Waals surface area contributed by atoms with E-state index in [1.54, 1.807) is 6.26 Å². The maximum atomic E-state index is 12.3. The Kier molecular flexibility index (Phi) is 12.6. The largest absolute Gasteiger partial charge is 0.481 e. The molecule has 0 bridgehead atoms. The first-order valence-corrected chi connectivity index (χ1v) is 9.69. The van der Waals surface area contributed by atoms with Gasteiger partial charge >= 0.3 is 11.9 Å². The lowest BCUT2D eigenvalue weighted by atomic mass is 10.1. The highest BCUT2D eigenvalue weighted by molar-refractivity contribution is 7.98. The Labute approximate surface area is 165 Å². The van der Waals surface area contributed by atoms with Crippen molar-refractivity contribution in [1.29, 1.82) is 0 Å². The molecule has 0 fully saturated rings. The van der Waals surface area contributed by atoms with Crippen LogP contribution >= 0.6 is 11.8 Å². The standard InChI is InChI=1S/C15H26N4O8S/c1-28-5-4-10(15(26)27)19-14(25)9(2-3-12(22)23)18-11(21)6-17-13(24)8(16)7-20/h8-10,20H,2-7,16H2,1H3,(H,17,24)(H,18,21)(H,19,25)(H,22,23)(H,26,27). The quantitative estimate of drug-likeness (QED) is 0.152. The fraction of sp³-hybridized carbons (Fsp3) is 0.667. The molecular weight excluding hydrogens is 396 g/mol. The molecule has 0 aromatic rings. The lowest BCUT2D eigenvalue weighted by molar-refractivity contribution is -0.143. The number of rotatable bonds is 14. The van der Waals surface area contributed by atoms with Crippen LogP contribution in [-0.4, -0.2) is 88.3 Å². The van der Waals surface area contributed by atoms with E-state index in [-0.39, 0.29) is 12.8 Å². The monoisotopic (exact) mass is 422 g/mol. The van der Waals surface area contributed by atoms with Crippen LogP contribution in [0.2, 0.25) is 0 Å². The van der Waals surface area contributed by atoms with E-state index >= 15 is 0 Å². The van der Waals surface area contributed by atoms with E-state index in [1.807, 2.05) is 0 Å². The predicted octanol–water partition coefficient (Wildman–Crippen LogP) is -2.91. The van der Waals surface area contributed by atoms with Crippen LogP contribution in [-0.2, 0) is 24.0 Å². The Bertz CT molecular complexity index is 574. The average molecular weight is 422 g/mol. The van der Waals surface area contributed by atoms with Gasteiger partial charge in [-0.3, -0.25) is 19.2 Å². The summed E-state index contributed by atoms with van der Waals surface area (Å²) in [5.74, 6) is -4.42. The number of thioether (sulfide) groups is 1. The number of amides is 3. The summed E-state index contributed by atoms with van der Waals surface area (Å²) in [6, 6.07) is -3.71. The smallest absolute Gasteiger partial charge is 0.326 e. The van der Waals surface area contributed by atoms with Crippen molar-refractivity contribution < 1.29 is 39.3 Å². The third-order valence-corrected chi connectivity index (χ3v) is 4.12. The summed E-state index contributed by atoms with van der Waals surface area (Å²) in [7, 11) is 0. The molecule has 3 amide bonds. The molecule has 0 saturated heterocycles. The van der Waals surface area contributed by atoms with Gasteiger partial charge in [-0.25, -0.2) is 4.79 Å². The minimum atomic E-state index is -1.30. The highest BCUT2D eigenvalue weighted by Gasteiger charge is 2.27. The van der Waals surface area contributed by atoms with Gasteiger partial charge in [0.15, 0.2) is 0 Å². The third-order valence-electron chi connectivity index (χ3n) is 3.48. The molecule has 3 atom stereocenters. The second-order valence-electron chi connectivity index (χ2n) is 5.74. The van der Waals surface area contributed by atoms with Crippen LogP contribution in [0.1, 0.15) is 19.3 Å². The van der Waals surface area contributed by atoms with Crippen LogP contribution < -0.4 is 21.7 Å². The Morgan fingerprint density at radius 3 is 2.14 bits per heavy atom. The van der Waals surface area contributed by atoms with Crippen molar-refractivity contribution in [3.8, 4) is 0 Å². The molecular formula is C15H26N4O8S. The molecule has 28 heavy (non-hydrogen) atoms. The summed E-state index contributed by atoms with van der Waals surface area (Å²) in [4.78, 5) is 57.7. The summed E-state index contributed by atoms with van der Waals surface area (Å²) in [5, 5.41) is 33.4. The Morgan fingerprint density at radius 2 is 1.64 bits per heavy atom. The first-order chi connectivity index (χ1) is 13.1. The molecule has 0 aromatic heterocycles. The van der Waals surface area contributed by atoms with Gasteiger partial charge in [0.05, 0.1) is 13.2 Å². The molecule has 0 radical (unpaired) electrons. The molecule has 0 rings (SSSR count). The zero-order valence-electron chi connectivity index (χ0n) is 15.3. The second kappa shape index (κ2) is 13.7. The lowest BCUT2D eigenvalue weighted by Crippen LogP contribution is -2.54. The molecule has 0 aliphatic carbocycles. The maximum absolute atomic E-state index is 12.3. The van der Waals surface area contributed by atoms with Crippen LogP contribution in [0.3, 0.4) is 0 Å². The van der Waals surface area contributed by atoms with Gasteiger partial charge in [-0.15, -0.1) is 0 Å². The number of carbonyl (C=O) groups excluding carboxylic acids is 3. The third kappa shape index (κ3) is 10.7. The van der Waals surface area contributed by atoms with Crippen LogP contribution in [0.4, 0.5) is 0 Å². The van der Waals surface area contributed by atoms with Crippen LogP contribution in [0.15, 0.2) is 0 Å². The van der Waals surface area contributed by atoms with E-state index in [9.17, 15) is 24.0 Å². The van der Waals surface area contributed by atoms with E-state index < -0.39 is 67.4 Å². The molecule has 0 aromatic carbocycles.